The third kappa shape index (κ3) is 18.6. The van der Waals surface area contributed by atoms with Crippen molar-refractivity contribution in [1.29, 1.82) is 0 Å². The first kappa shape index (κ1) is 28.3. The molecule has 31 heavy (non-hydrogen) atoms. The van der Waals surface area contributed by atoms with Crippen LogP contribution in [0.25, 0.3) is 0 Å². The van der Waals surface area contributed by atoms with Crippen LogP contribution in [0, 0.1) is 0 Å². The Labute approximate surface area is 189 Å². The summed E-state index contributed by atoms with van der Waals surface area (Å²) in [6.07, 6.45) is 18.6. The maximum atomic E-state index is 11.6. The minimum absolute atomic E-state index is 0.0794. The Bertz CT molecular complexity index is 500. The van der Waals surface area contributed by atoms with Crippen molar-refractivity contribution in [2.45, 2.75) is 77.6 Å². The van der Waals surface area contributed by atoms with Crippen LogP contribution in [-0.2, 0) is 23.3 Å². The van der Waals surface area contributed by atoms with Crippen LogP contribution < -0.4 is 4.89 Å². The summed E-state index contributed by atoms with van der Waals surface area (Å²) in [4.78, 5) is 22.7. The van der Waals surface area contributed by atoms with Gasteiger partial charge in [-0.1, -0.05) is 64.7 Å². The highest BCUT2D eigenvalue weighted by Crippen LogP contribution is 2.26. The number of allylic oxidation sites excluding steroid dienone is 1. The van der Waals surface area contributed by atoms with Gasteiger partial charge in [0.25, 0.3) is 0 Å². The van der Waals surface area contributed by atoms with Gasteiger partial charge in [-0.05, 0) is 6.42 Å². The predicted molar refractivity (Wildman–Crippen MR) is 122 cm³/mol. The number of rotatable bonds is 22. The lowest BCUT2D eigenvalue weighted by atomic mass is 10.1. The van der Waals surface area contributed by atoms with Crippen LogP contribution in [0.2, 0.25) is 0 Å². The van der Waals surface area contributed by atoms with Crippen LogP contribution in [0.5, 0.6) is 0 Å². The number of carbonyl (C=O) groups excluding carboxylic acids is 1. The minimum atomic E-state index is -2.15. The monoisotopic (exact) mass is 459 g/mol. The van der Waals surface area contributed by atoms with E-state index in [9.17, 15) is 9.69 Å². The van der Waals surface area contributed by atoms with E-state index in [4.69, 9.17) is 18.5 Å². The summed E-state index contributed by atoms with van der Waals surface area (Å²) in [5.74, 6) is 0.0794. The van der Waals surface area contributed by atoms with Crippen molar-refractivity contribution in [3.63, 3.8) is 0 Å². The molecule has 0 aromatic carbocycles. The first-order valence-electron chi connectivity index (χ1n) is 11.9. The largest absolute Gasteiger partial charge is 0.786 e. The number of nitrogens with zero attached hydrogens (tertiary/aromatic N) is 1. The van der Waals surface area contributed by atoms with E-state index in [1.54, 1.807) is 12.4 Å². The lowest BCUT2D eigenvalue weighted by molar-refractivity contribution is -0.456. The number of unbranched alkanes of at least 4 members (excludes halogenated alkanes) is 9. The van der Waals surface area contributed by atoms with Gasteiger partial charge in [-0.25, -0.2) is 4.58 Å². The number of ketones is 1. The van der Waals surface area contributed by atoms with Gasteiger partial charge in [-0.3, -0.25) is 4.79 Å². The SMILES string of the molecule is CCCCCCCCCCCCOCCOCCOP([O-])OCC[N+]1=CCC(=O)C=C1. The van der Waals surface area contributed by atoms with Crippen LogP contribution in [0.3, 0.4) is 0 Å². The Hall–Kier alpha value is -0.690. The molecule has 0 bridgehead atoms. The van der Waals surface area contributed by atoms with E-state index < -0.39 is 8.60 Å². The zero-order valence-corrected chi connectivity index (χ0v) is 20.2. The average molecular weight is 460 g/mol. The standard InChI is InChI=1S/C23H42NO6P/c1-2-3-4-5-6-7-8-9-10-11-17-27-19-20-28-21-22-30-31(26)29-18-16-24-14-12-23(25)13-15-24/h12,14-15H,2-11,13,16-22H2,1H3. The Morgan fingerprint density at radius 1 is 0.839 bits per heavy atom. The summed E-state index contributed by atoms with van der Waals surface area (Å²) >= 11 is 0. The summed E-state index contributed by atoms with van der Waals surface area (Å²) in [6.45, 7) is 5.49. The molecule has 0 saturated heterocycles. The van der Waals surface area contributed by atoms with Gasteiger partial charge in [0.2, 0.25) is 0 Å². The summed E-state index contributed by atoms with van der Waals surface area (Å²) in [7, 11) is -2.15. The van der Waals surface area contributed by atoms with Crippen LogP contribution in [0.15, 0.2) is 12.3 Å². The Morgan fingerprint density at radius 2 is 1.42 bits per heavy atom. The molecular formula is C23H42NO6P. The molecule has 7 nitrogen and oxygen atoms in total. The smallest absolute Gasteiger partial charge is 0.172 e. The van der Waals surface area contributed by atoms with Gasteiger partial charge in [0.05, 0.1) is 41.5 Å². The fourth-order valence-electron chi connectivity index (χ4n) is 3.12. The molecular weight excluding hydrogens is 417 g/mol. The fraction of sp³-hybridized carbons (Fsp3) is 0.826. The van der Waals surface area contributed by atoms with Crippen LogP contribution in [-0.4, -0.2) is 62.8 Å². The first-order chi connectivity index (χ1) is 15.2. The van der Waals surface area contributed by atoms with Gasteiger partial charge in [0, 0.05) is 12.7 Å². The van der Waals surface area contributed by atoms with Crippen molar-refractivity contribution in [3.8, 4) is 0 Å². The number of hydrogen-bond donors (Lipinski definition) is 0. The van der Waals surface area contributed by atoms with Gasteiger partial charge in [-0.15, -0.1) is 0 Å². The molecule has 0 saturated carbocycles. The van der Waals surface area contributed by atoms with Crippen LogP contribution >= 0.6 is 8.60 Å². The normalized spacial score (nSPS) is 14.8. The number of hydrogen-bond acceptors (Lipinski definition) is 6. The second-order valence-corrected chi connectivity index (χ2v) is 8.67. The predicted octanol–water partition coefficient (Wildman–Crippen LogP) is 4.13. The van der Waals surface area contributed by atoms with E-state index in [2.05, 4.69) is 6.92 Å². The first-order valence-corrected chi connectivity index (χ1v) is 13.0. The number of ether oxygens (including phenoxy) is 2. The lowest BCUT2D eigenvalue weighted by Crippen LogP contribution is -2.19. The average Bonchev–Trinajstić information content (AvgIpc) is 2.77. The van der Waals surface area contributed by atoms with Crippen LogP contribution in [0.1, 0.15) is 77.6 Å². The van der Waals surface area contributed by atoms with E-state index in [-0.39, 0.29) is 19.0 Å². The molecule has 180 valence electrons. The highest BCUT2D eigenvalue weighted by Gasteiger charge is 2.09. The van der Waals surface area contributed by atoms with Crippen molar-refractivity contribution in [3.05, 3.63) is 12.3 Å². The van der Waals surface area contributed by atoms with Gasteiger partial charge in [0.1, 0.15) is 6.61 Å². The van der Waals surface area contributed by atoms with E-state index in [1.807, 2.05) is 4.58 Å². The van der Waals surface area contributed by atoms with Crippen molar-refractivity contribution >= 4 is 20.6 Å². The van der Waals surface area contributed by atoms with Crippen molar-refractivity contribution in [2.75, 3.05) is 46.2 Å². The molecule has 1 atom stereocenters. The minimum Gasteiger partial charge on any atom is -0.786 e. The highest BCUT2D eigenvalue weighted by atomic mass is 31.2. The summed E-state index contributed by atoms with van der Waals surface area (Å²) < 4.78 is 23.0. The van der Waals surface area contributed by atoms with Crippen molar-refractivity contribution in [2.24, 2.45) is 0 Å². The highest BCUT2D eigenvalue weighted by molar-refractivity contribution is 7.39. The van der Waals surface area contributed by atoms with Crippen LogP contribution in [0.4, 0.5) is 0 Å². The Kier molecular flexibility index (Phi) is 19.4. The second kappa shape index (κ2) is 21.2. The molecule has 0 N–H and O–H groups in total. The number of carbonyl (C=O) groups is 1. The van der Waals surface area contributed by atoms with Crippen molar-refractivity contribution < 1.29 is 32.8 Å². The zero-order valence-electron chi connectivity index (χ0n) is 19.3. The quantitative estimate of drug-likeness (QED) is 0.138. The molecule has 0 aromatic heterocycles. The van der Waals surface area contributed by atoms with E-state index in [0.29, 0.717) is 32.8 Å². The van der Waals surface area contributed by atoms with E-state index >= 15 is 0 Å². The van der Waals surface area contributed by atoms with E-state index in [0.717, 1.165) is 13.0 Å². The molecule has 0 aliphatic carbocycles. The molecule has 8 heteroatoms. The van der Waals surface area contributed by atoms with Gasteiger partial charge in [-0.2, -0.15) is 0 Å². The van der Waals surface area contributed by atoms with Gasteiger partial charge < -0.3 is 23.4 Å². The molecule has 0 aromatic rings. The maximum absolute atomic E-state index is 11.6. The van der Waals surface area contributed by atoms with Crippen molar-refractivity contribution in [1.82, 2.24) is 0 Å². The third-order valence-electron chi connectivity index (χ3n) is 4.96. The molecule has 1 heterocycles. The summed E-state index contributed by atoms with van der Waals surface area (Å²) in [5, 5.41) is 0. The van der Waals surface area contributed by atoms with E-state index in [1.165, 1.54) is 63.9 Å². The molecule has 1 unspecified atom stereocenters. The second-order valence-electron chi connectivity index (χ2n) is 7.70. The molecule has 0 spiro atoms. The summed E-state index contributed by atoms with van der Waals surface area (Å²) in [6, 6.07) is 0. The van der Waals surface area contributed by atoms with Gasteiger partial charge in [0.15, 0.2) is 24.7 Å². The molecule has 0 amide bonds. The molecule has 1 aliphatic heterocycles. The zero-order chi connectivity index (χ0) is 22.4. The summed E-state index contributed by atoms with van der Waals surface area (Å²) in [5.41, 5.74) is 0. The molecule has 0 radical (unpaired) electrons. The lowest BCUT2D eigenvalue weighted by Gasteiger charge is -2.21. The van der Waals surface area contributed by atoms with Gasteiger partial charge >= 0.3 is 0 Å². The molecule has 0 fully saturated rings. The third-order valence-corrected chi connectivity index (χ3v) is 5.75. The Balaban J connectivity index is 1.74. The molecule has 1 rings (SSSR count). The molecule has 1 aliphatic rings. The fourth-order valence-corrected chi connectivity index (χ4v) is 3.65. The maximum Gasteiger partial charge on any atom is 0.172 e. The Morgan fingerprint density at radius 3 is 2.06 bits per heavy atom. The topological polar surface area (TPSA) is 80.1 Å².